The maximum Gasteiger partial charge on any atom is 0.247 e. The Bertz CT molecular complexity index is 780. The van der Waals surface area contributed by atoms with Gasteiger partial charge in [-0.2, -0.15) is 5.10 Å². The van der Waals surface area contributed by atoms with E-state index >= 15 is 0 Å². The molecule has 0 radical (unpaired) electrons. The van der Waals surface area contributed by atoms with Crippen molar-refractivity contribution < 1.29 is 9.59 Å². The first-order valence-electron chi connectivity index (χ1n) is 8.78. The number of rotatable bonds is 8. The lowest BCUT2D eigenvalue weighted by Crippen LogP contribution is -2.35. The van der Waals surface area contributed by atoms with Crippen molar-refractivity contribution in [3.05, 3.63) is 54.9 Å². The van der Waals surface area contributed by atoms with E-state index in [1.165, 1.54) is 6.08 Å². The van der Waals surface area contributed by atoms with Crippen LogP contribution in [-0.2, 0) is 22.6 Å². The van der Waals surface area contributed by atoms with Crippen molar-refractivity contribution in [1.29, 1.82) is 0 Å². The number of carbonyl (C=O) groups is 2. The number of para-hydroxylation sites is 1. The minimum atomic E-state index is -0.298. The van der Waals surface area contributed by atoms with Crippen LogP contribution in [0.3, 0.4) is 0 Å². The molecule has 0 aliphatic heterocycles. The highest BCUT2D eigenvalue weighted by Crippen LogP contribution is 2.20. The van der Waals surface area contributed by atoms with E-state index in [0.29, 0.717) is 18.2 Å². The molecule has 0 unspecified atom stereocenters. The lowest BCUT2D eigenvalue weighted by atomic mass is 10.1. The number of anilines is 2. The molecule has 0 bridgehead atoms. The lowest BCUT2D eigenvalue weighted by molar-refractivity contribution is -0.118. The van der Waals surface area contributed by atoms with Crippen LogP contribution < -0.4 is 10.2 Å². The van der Waals surface area contributed by atoms with Crippen LogP contribution in [0, 0.1) is 5.92 Å². The standard InChI is InChI=1S/C20H26N4O2/c1-5-19(25)22-18-10-8-7-9-16(18)11-20(26)24(13-15(3)4)17-12-21-23(6-2)14-17/h5,7-10,12,14-15H,1,6,11,13H2,2-4H3,(H,22,25). The summed E-state index contributed by atoms with van der Waals surface area (Å²) < 4.78 is 1.80. The van der Waals surface area contributed by atoms with Gasteiger partial charge in [-0.25, -0.2) is 0 Å². The summed E-state index contributed by atoms with van der Waals surface area (Å²) in [6.45, 7) is 11.0. The minimum absolute atomic E-state index is 0.0327. The van der Waals surface area contributed by atoms with E-state index in [1.807, 2.05) is 31.3 Å². The quantitative estimate of drug-likeness (QED) is 0.740. The second kappa shape index (κ2) is 8.99. The third-order valence-electron chi connectivity index (χ3n) is 3.91. The van der Waals surface area contributed by atoms with Gasteiger partial charge in [0, 0.05) is 25.0 Å². The zero-order valence-electron chi connectivity index (χ0n) is 15.6. The summed E-state index contributed by atoms with van der Waals surface area (Å²) in [5, 5.41) is 7.03. The van der Waals surface area contributed by atoms with Gasteiger partial charge in [0.15, 0.2) is 0 Å². The Morgan fingerprint density at radius 2 is 2.08 bits per heavy atom. The number of hydrogen-bond acceptors (Lipinski definition) is 3. The summed E-state index contributed by atoms with van der Waals surface area (Å²) in [6, 6.07) is 7.31. The first-order valence-corrected chi connectivity index (χ1v) is 8.78. The van der Waals surface area contributed by atoms with E-state index in [4.69, 9.17) is 0 Å². The second-order valence-corrected chi connectivity index (χ2v) is 6.48. The molecule has 0 atom stereocenters. The van der Waals surface area contributed by atoms with Gasteiger partial charge in [-0.05, 0) is 30.5 Å². The van der Waals surface area contributed by atoms with Gasteiger partial charge in [0.1, 0.15) is 0 Å². The molecule has 1 heterocycles. The van der Waals surface area contributed by atoms with Gasteiger partial charge >= 0.3 is 0 Å². The Morgan fingerprint density at radius 3 is 2.69 bits per heavy atom. The van der Waals surface area contributed by atoms with E-state index in [9.17, 15) is 9.59 Å². The number of nitrogens with one attached hydrogen (secondary N) is 1. The zero-order valence-corrected chi connectivity index (χ0v) is 15.6. The van der Waals surface area contributed by atoms with E-state index < -0.39 is 0 Å². The summed E-state index contributed by atoms with van der Waals surface area (Å²) >= 11 is 0. The van der Waals surface area contributed by atoms with E-state index in [2.05, 4.69) is 30.8 Å². The number of carbonyl (C=O) groups excluding carboxylic acids is 2. The zero-order chi connectivity index (χ0) is 19.1. The lowest BCUT2D eigenvalue weighted by Gasteiger charge is -2.23. The Hall–Kier alpha value is -2.89. The molecule has 0 aliphatic carbocycles. The predicted octanol–water partition coefficient (Wildman–Crippen LogP) is 3.26. The van der Waals surface area contributed by atoms with E-state index in [-0.39, 0.29) is 18.2 Å². The highest BCUT2D eigenvalue weighted by molar-refractivity contribution is 6.01. The number of nitrogens with zero attached hydrogens (tertiary/aromatic N) is 3. The van der Waals surface area contributed by atoms with Crippen LogP contribution in [-0.4, -0.2) is 28.1 Å². The van der Waals surface area contributed by atoms with Crippen LogP contribution >= 0.6 is 0 Å². The molecule has 1 aromatic carbocycles. The average Bonchev–Trinajstić information content (AvgIpc) is 3.09. The maximum absolute atomic E-state index is 13.0. The predicted molar refractivity (Wildman–Crippen MR) is 104 cm³/mol. The highest BCUT2D eigenvalue weighted by atomic mass is 16.2. The summed E-state index contributed by atoms with van der Waals surface area (Å²) in [5.74, 6) is -0.0116. The summed E-state index contributed by atoms with van der Waals surface area (Å²) in [5.41, 5.74) is 2.18. The van der Waals surface area contributed by atoms with Crippen molar-refractivity contribution >= 4 is 23.2 Å². The molecule has 0 fully saturated rings. The van der Waals surface area contributed by atoms with Crippen LogP contribution in [0.5, 0.6) is 0 Å². The fourth-order valence-electron chi connectivity index (χ4n) is 2.62. The largest absolute Gasteiger partial charge is 0.322 e. The number of aryl methyl sites for hydroxylation is 1. The topological polar surface area (TPSA) is 67.2 Å². The molecule has 1 aromatic heterocycles. The van der Waals surface area contributed by atoms with E-state index in [1.54, 1.807) is 21.8 Å². The normalized spacial score (nSPS) is 10.6. The smallest absolute Gasteiger partial charge is 0.247 e. The summed E-state index contributed by atoms with van der Waals surface area (Å²) in [6.07, 6.45) is 5.00. The molecular formula is C20H26N4O2. The molecule has 2 rings (SSSR count). The fourth-order valence-corrected chi connectivity index (χ4v) is 2.62. The van der Waals surface area contributed by atoms with E-state index in [0.717, 1.165) is 17.8 Å². The molecule has 0 saturated heterocycles. The third-order valence-corrected chi connectivity index (χ3v) is 3.91. The maximum atomic E-state index is 13.0. The highest BCUT2D eigenvalue weighted by Gasteiger charge is 2.20. The Kier molecular flexibility index (Phi) is 6.72. The van der Waals surface area contributed by atoms with Crippen molar-refractivity contribution in [3.63, 3.8) is 0 Å². The molecule has 0 spiro atoms. The molecule has 2 amide bonds. The van der Waals surface area contributed by atoms with Gasteiger partial charge in [0.05, 0.1) is 18.3 Å². The average molecular weight is 354 g/mol. The first-order chi connectivity index (χ1) is 12.4. The number of aromatic nitrogens is 2. The van der Waals surface area contributed by atoms with Crippen LogP contribution in [0.25, 0.3) is 0 Å². The van der Waals surface area contributed by atoms with Crippen molar-refractivity contribution in [2.45, 2.75) is 33.7 Å². The van der Waals surface area contributed by atoms with Crippen molar-refractivity contribution in [1.82, 2.24) is 9.78 Å². The Morgan fingerprint density at radius 1 is 1.35 bits per heavy atom. The van der Waals surface area contributed by atoms with Gasteiger partial charge in [-0.3, -0.25) is 14.3 Å². The number of hydrogen-bond donors (Lipinski definition) is 1. The molecule has 138 valence electrons. The Labute approximate surface area is 154 Å². The van der Waals surface area contributed by atoms with Crippen LogP contribution in [0.2, 0.25) is 0 Å². The molecule has 2 aromatic rings. The van der Waals surface area contributed by atoms with Gasteiger partial charge in [-0.15, -0.1) is 0 Å². The molecule has 1 N–H and O–H groups in total. The van der Waals surface area contributed by atoms with Gasteiger partial charge < -0.3 is 10.2 Å². The fraction of sp³-hybridized carbons (Fsp3) is 0.350. The molecule has 6 nitrogen and oxygen atoms in total. The van der Waals surface area contributed by atoms with Crippen LogP contribution in [0.1, 0.15) is 26.3 Å². The number of amides is 2. The monoisotopic (exact) mass is 354 g/mol. The number of benzene rings is 1. The van der Waals surface area contributed by atoms with Gasteiger partial charge in [0.25, 0.3) is 0 Å². The van der Waals surface area contributed by atoms with Crippen molar-refractivity contribution in [2.24, 2.45) is 5.92 Å². The molecule has 0 saturated carbocycles. The van der Waals surface area contributed by atoms with Crippen molar-refractivity contribution in [2.75, 3.05) is 16.8 Å². The molecule has 6 heteroatoms. The third kappa shape index (κ3) is 5.05. The molecule has 0 aliphatic rings. The molecule has 26 heavy (non-hydrogen) atoms. The molecular weight excluding hydrogens is 328 g/mol. The first kappa shape index (κ1) is 19.4. The summed E-state index contributed by atoms with van der Waals surface area (Å²) in [7, 11) is 0. The second-order valence-electron chi connectivity index (χ2n) is 6.48. The Balaban J connectivity index is 2.24. The minimum Gasteiger partial charge on any atom is -0.322 e. The van der Waals surface area contributed by atoms with Gasteiger partial charge in [-0.1, -0.05) is 38.6 Å². The van der Waals surface area contributed by atoms with Crippen LogP contribution in [0.15, 0.2) is 49.3 Å². The summed E-state index contributed by atoms with van der Waals surface area (Å²) in [4.78, 5) is 26.4. The van der Waals surface area contributed by atoms with Crippen molar-refractivity contribution in [3.8, 4) is 0 Å². The SMILES string of the molecule is C=CC(=O)Nc1ccccc1CC(=O)N(CC(C)C)c1cnn(CC)c1. The van der Waals surface area contributed by atoms with Gasteiger partial charge in [0.2, 0.25) is 11.8 Å². The van der Waals surface area contributed by atoms with Crippen LogP contribution in [0.4, 0.5) is 11.4 Å².